The number of nitrogens with one attached hydrogen (secondary N) is 2. The summed E-state index contributed by atoms with van der Waals surface area (Å²) in [5.74, 6) is -0.494. The number of carbonyl (C=O) groups is 3. The summed E-state index contributed by atoms with van der Waals surface area (Å²) >= 11 is 5.93. The highest BCUT2D eigenvalue weighted by atomic mass is 35.5. The molecule has 3 rings (SSSR count). The molecule has 3 amide bonds. The normalized spacial score (nSPS) is 14.7. The van der Waals surface area contributed by atoms with E-state index in [1.54, 1.807) is 48.5 Å². The minimum absolute atomic E-state index is 0.0110. The number of likely N-dealkylation sites (tertiary alicyclic amines) is 1. The maximum Gasteiger partial charge on any atom is 0.253 e. The molecule has 6 nitrogen and oxygen atoms in total. The minimum atomic E-state index is -0.474. The zero-order valence-electron chi connectivity index (χ0n) is 17.0. The van der Waals surface area contributed by atoms with Crippen molar-refractivity contribution in [3.8, 4) is 0 Å². The fraction of sp³-hybridized carbons (Fsp3) is 0.348. The summed E-state index contributed by atoms with van der Waals surface area (Å²) in [7, 11) is 0. The van der Waals surface area contributed by atoms with Gasteiger partial charge in [-0.25, -0.2) is 0 Å². The molecule has 1 unspecified atom stereocenters. The largest absolute Gasteiger partial charge is 0.349 e. The summed E-state index contributed by atoms with van der Waals surface area (Å²) in [4.78, 5) is 38.8. The molecule has 2 aromatic carbocycles. The van der Waals surface area contributed by atoms with Gasteiger partial charge in [0.25, 0.3) is 5.91 Å². The smallest absolute Gasteiger partial charge is 0.253 e. The van der Waals surface area contributed by atoms with Crippen LogP contribution >= 0.6 is 11.6 Å². The SMILES string of the molecule is CC(=O)NC(CC(=O)Nc1cccc(C(=O)N2CCCCC2)c1)c1ccc(Cl)cc1. The molecule has 1 saturated heterocycles. The quantitative estimate of drug-likeness (QED) is 0.726. The Morgan fingerprint density at radius 3 is 2.40 bits per heavy atom. The average molecular weight is 428 g/mol. The summed E-state index contributed by atoms with van der Waals surface area (Å²) in [6, 6.07) is 13.5. The van der Waals surface area contributed by atoms with E-state index in [0.717, 1.165) is 37.9 Å². The highest BCUT2D eigenvalue weighted by molar-refractivity contribution is 6.30. The molecular weight excluding hydrogens is 402 g/mol. The Labute approximate surface area is 181 Å². The van der Waals surface area contributed by atoms with Crippen LogP contribution in [0, 0.1) is 0 Å². The van der Waals surface area contributed by atoms with Crippen molar-refractivity contribution < 1.29 is 14.4 Å². The van der Waals surface area contributed by atoms with Gasteiger partial charge in [0.1, 0.15) is 0 Å². The Morgan fingerprint density at radius 2 is 1.73 bits per heavy atom. The van der Waals surface area contributed by atoms with Crippen molar-refractivity contribution >= 4 is 35.0 Å². The van der Waals surface area contributed by atoms with Crippen LogP contribution in [0.2, 0.25) is 5.02 Å². The fourth-order valence-electron chi connectivity index (χ4n) is 3.60. The molecule has 0 radical (unpaired) electrons. The van der Waals surface area contributed by atoms with Crippen molar-refractivity contribution in [3.63, 3.8) is 0 Å². The second-order valence-corrected chi connectivity index (χ2v) is 7.93. The standard InChI is InChI=1S/C23H26ClN3O3/c1-16(28)25-21(17-8-10-19(24)11-9-17)15-22(29)26-20-7-5-6-18(14-20)23(30)27-12-3-2-4-13-27/h5-11,14,21H,2-4,12-13,15H2,1H3,(H,25,28)(H,26,29). The molecule has 0 aliphatic carbocycles. The van der Waals surface area contributed by atoms with Crippen LogP contribution in [0.15, 0.2) is 48.5 Å². The van der Waals surface area contributed by atoms with E-state index in [1.165, 1.54) is 6.92 Å². The van der Waals surface area contributed by atoms with Crippen LogP contribution in [0.4, 0.5) is 5.69 Å². The summed E-state index contributed by atoms with van der Waals surface area (Å²) in [6.45, 7) is 2.96. The molecule has 30 heavy (non-hydrogen) atoms. The lowest BCUT2D eigenvalue weighted by molar-refractivity contribution is -0.120. The van der Waals surface area contributed by atoms with Crippen LogP contribution in [0.25, 0.3) is 0 Å². The van der Waals surface area contributed by atoms with Crippen molar-refractivity contribution in [2.75, 3.05) is 18.4 Å². The van der Waals surface area contributed by atoms with Crippen LogP contribution in [0.3, 0.4) is 0 Å². The Bertz CT molecular complexity index is 908. The van der Waals surface area contributed by atoms with Crippen LogP contribution < -0.4 is 10.6 Å². The number of piperidine rings is 1. The number of carbonyl (C=O) groups excluding carboxylic acids is 3. The molecule has 158 valence electrons. The van der Waals surface area contributed by atoms with Gasteiger partial charge in [-0.05, 0) is 55.2 Å². The molecular formula is C23H26ClN3O3. The van der Waals surface area contributed by atoms with E-state index in [1.807, 2.05) is 4.90 Å². The van der Waals surface area contributed by atoms with Gasteiger partial charge in [-0.2, -0.15) is 0 Å². The number of amides is 3. The molecule has 0 saturated carbocycles. The first kappa shape index (κ1) is 21.8. The third-order valence-corrected chi connectivity index (χ3v) is 5.33. The van der Waals surface area contributed by atoms with E-state index in [0.29, 0.717) is 16.3 Å². The van der Waals surface area contributed by atoms with E-state index >= 15 is 0 Å². The maximum atomic E-state index is 12.7. The van der Waals surface area contributed by atoms with Crippen LogP contribution in [-0.4, -0.2) is 35.7 Å². The first-order chi connectivity index (χ1) is 14.4. The van der Waals surface area contributed by atoms with Gasteiger partial charge in [-0.15, -0.1) is 0 Å². The summed E-state index contributed by atoms with van der Waals surface area (Å²) in [6.07, 6.45) is 3.27. The third kappa shape index (κ3) is 6.07. The van der Waals surface area contributed by atoms with Crippen molar-refractivity contribution in [2.45, 2.75) is 38.6 Å². The van der Waals surface area contributed by atoms with Gasteiger partial charge in [0.15, 0.2) is 0 Å². The van der Waals surface area contributed by atoms with Gasteiger partial charge in [-0.3, -0.25) is 14.4 Å². The molecule has 1 aliphatic heterocycles. The number of nitrogens with zero attached hydrogens (tertiary/aromatic N) is 1. The van der Waals surface area contributed by atoms with E-state index in [4.69, 9.17) is 11.6 Å². The number of benzene rings is 2. The minimum Gasteiger partial charge on any atom is -0.349 e. The van der Waals surface area contributed by atoms with Crippen molar-refractivity contribution in [3.05, 3.63) is 64.7 Å². The van der Waals surface area contributed by atoms with Gasteiger partial charge in [0.2, 0.25) is 11.8 Å². The zero-order chi connectivity index (χ0) is 21.5. The number of rotatable bonds is 6. The predicted molar refractivity (Wildman–Crippen MR) is 117 cm³/mol. The highest BCUT2D eigenvalue weighted by Crippen LogP contribution is 2.21. The lowest BCUT2D eigenvalue weighted by Gasteiger charge is -2.26. The molecule has 0 bridgehead atoms. The summed E-state index contributed by atoms with van der Waals surface area (Å²) in [5, 5.41) is 6.22. The Morgan fingerprint density at radius 1 is 1.03 bits per heavy atom. The van der Waals surface area contributed by atoms with Crippen LogP contribution in [-0.2, 0) is 9.59 Å². The highest BCUT2D eigenvalue weighted by Gasteiger charge is 2.20. The fourth-order valence-corrected chi connectivity index (χ4v) is 3.73. The Hall–Kier alpha value is -2.86. The molecule has 0 aromatic heterocycles. The van der Waals surface area contributed by atoms with Gasteiger partial charge < -0.3 is 15.5 Å². The molecule has 1 heterocycles. The van der Waals surface area contributed by atoms with Gasteiger partial charge in [0.05, 0.1) is 12.5 Å². The lowest BCUT2D eigenvalue weighted by Crippen LogP contribution is -2.35. The van der Waals surface area contributed by atoms with E-state index in [-0.39, 0.29) is 24.1 Å². The monoisotopic (exact) mass is 427 g/mol. The summed E-state index contributed by atoms with van der Waals surface area (Å²) < 4.78 is 0. The molecule has 0 spiro atoms. The van der Waals surface area contributed by atoms with Crippen molar-refractivity contribution in [1.82, 2.24) is 10.2 Å². The third-order valence-electron chi connectivity index (χ3n) is 5.08. The predicted octanol–water partition coefficient (Wildman–Crippen LogP) is 4.17. The summed E-state index contributed by atoms with van der Waals surface area (Å²) in [5.41, 5.74) is 1.91. The number of hydrogen-bond donors (Lipinski definition) is 2. The second-order valence-electron chi connectivity index (χ2n) is 7.49. The molecule has 1 atom stereocenters. The average Bonchev–Trinajstić information content (AvgIpc) is 2.74. The molecule has 1 aliphatic rings. The first-order valence-electron chi connectivity index (χ1n) is 10.1. The first-order valence-corrected chi connectivity index (χ1v) is 10.5. The number of anilines is 1. The maximum absolute atomic E-state index is 12.7. The molecule has 2 aromatic rings. The molecule has 2 N–H and O–H groups in total. The molecule has 1 fully saturated rings. The topological polar surface area (TPSA) is 78.5 Å². The van der Waals surface area contributed by atoms with Gasteiger partial charge in [-0.1, -0.05) is 29.8 Å². The second kappa shape index (κ2) is 10.3. The molecule has 7 heteroatoms. The van der Waals surface area contributed by atoms with Crippen molar-refractivity contribution in [2.24, 2.45) is 0 Å². The van der Waals surface area contributed by atoms with Crippen LogP contribution in [0.5, 0.6) is 0 Å². The van der Waals surface area contributed by atoms with E-state index in [9.17, 15) is 14.4 Å². The lowest BCUT2D eigenvalue weighted by atomic mass is 10.0. The van der Waals surface area contributed by atoms with E-state index in [2.05, 4.69) is 10.6 Å². The van der Waals surface area contributed by atoms with Crippen molar-refractivity contribution in [1.29, 1.82) is 0 Å². The number of halogens is 1. The van der Waals surface area contributed by atoms with E-state index < -0.39 is 6.04 Å². The number of hydrogen-bond acceptors (Lipinski definition) is 3. The zero-order valence-corrected chi connectivity index (χ0v) is 17.7. The van der Waals surface area contributed by atoms with Gasteiger partial charge in [0, 0.05) is 36.3 Å². The van der Waals surface area contributed by atoms with Crippen LogP contribution in [0.1, 0.15) is 54.6 Å². The Kier molecular flexibility index (Phi) is 7.46. The Balaban J connectivity index is 1.67. The van der Waals surface area contributed by atoms with Gasteiger partial charge >= 0.3 is 0 Å².